The SMILES string of the molecule is C=CC.CC.CC(C)=CC(C)C(F)(F)F.CC(F)(F)F.CCC.CC[C@@H](CCC(N)=O)NCC1CC=CC=C1Cl. The summed E-state index contributed by atoms with van der Waals surface area (Å²) in [6, 6.07) is 0.345. The number of hydrogen-bond acceptors (Lipinski definition) is 2. The lowest BCUT2D eigenvalue weighted by Crippen LogP contribution is -2.34. The Bertz CT molecular complexity index is 677. The van der Waals surface area contributed by atoms with Crippen molar-refractivity contribution in [3.63, 3.8) is 0 Å². The maximum Gasteiger partial charge on any atom is 0.394 e. The molecule has 2 unspecified atom stereocenters. The minimum Gasteiger partial charge on any atom is -0.370 e. The van der Waals surface area contributed by atoms with E-state index in [2.05, 4.69) is 38.7 Å². The Hall–Kier alpha value is -1.74. The van der Waals surface area contributed by atoms with Gasteiger partial charge in [0.15, 0.2) is 0 Å². The fourth-order valence-electron chi connectivity index (χ4n) is 2.50. The Morgan fingerprint density at radius 1 is 1.18 bits per heavy atom. The molecule has 0 fully saturated rings. The summed E-state index contributed by atoms with van der Waals surface area (Å²) in [6.07, 6.45) is 5.41. The quantitative estimate of drug-likeness (QED) is 0.213. The zero-order valence-electron chi connectivity index (χ0n) is 26.2. The van der Waals surface area contributed by atoms with E-state index in [0.717, 1.165) is 37.8 Å². The highest BCUT2D eigenvalue weighted by Gasteiger charge is 2.33. The van der Waals surface area contributed by atoms with Crippen LogP contribution in [0.5, 0.6) is 0 Å². The number of rotatable bonds is 8. The molecule has 10 heteroatoms. The molecule has 0 aliphatic heterocycles. The molecule has 3 nitrogen and oxygen atoms in total. The molecule has 3 N–H and O–H groups in total. The number of halogens is 7. The molecule has 1 aliphatic carbocycles. The van der Waals surface area contributed by atoms with Crippen LogP contribution in [0.3, 0.4) is 0 Å². The van der Waals surface area contributed by atoms with Gasteiger partial charge >= 0.3 is 12.4 Å². The van der Waals surface area contributed by atoms with E-state index in [0.29, 0.717) is 24.0 Å². The van der Waals surface area contributed by atoms with Gasteiger partial charge in [-0.2, -0.15) is 26.3 Å². The minimum atomic E-state index is -4.09. The van der Waals surface area contributed by atoms with E-state index in [4.69, 9.17) is 17.3 Å². The van der Waals surface area contributed by atoms with Gasteiger partial charge in [-0.25, -0.2) is 0 Å². The molecule has 0 aromatic carbocycles. The molecule has 240 valence electrons. The third-order valence-corrected chi connectivity index (χ3v) is 4.62. The van der Waals surface area contributed by atoms with Crippen molar-refractivity contribution in [2.24, 2.45) is 17.6 Å². The number of nitrogens with one attached hydrogen (secondary N) is 1. The van der Waals surface area contributed by atoms with Crippen LogP contribution in [-0.4, -0.2) is 30.8 Å². The Balaban J connectivity index is -0.000000150. The monoisotopic (exact) mass is 608 g/mol. The first-order valence-electron chi connectivity index (χ1n) is 13.7. The van der Waals surface area contributed by atoms with Gasteiger partial charge in [0.1, 0.15) is 0 Å². The third kappa shape index (κ3) is 46.1. The number of primary amides is 1. The number of nitrogens with two attached hydrogens (primary N) is 1. The molecule has 0 aromatic heterocycles. The van der Waals surface area contributed by atoms with Crippen LogP contribution in [0.15, 0.2) is 47.6 Å². The molecule has 0 heterocycles. The largest absolute Gasteiger partial charge is 0.394 e. The average Bonchev–Trinajstić information content (AvgIpc) is 2.81. The van der Waals surface area contributed by atoms with Crippen molar-refractivity contribution in [2.75, 3.05) is 6.54 Å². The summed E-state index contributed by atoms with van der Waals surface area (Å²) in [5, 5.41) is 4.37. The van der Waals surface area contributed by atoms with Crippen LogP contribution < -0.4 is 11.1 Å². The zero-order valence-corrected chi connectivity index (χ0v) is 27.0. The van der Waals surface area contributed by atoms with E-state index in [1.54, 1.807) is 19.9 Å². The first kappa shape index (κ1) is 48.0. The predicted molar refractivity (Wildman–Crippen MR) is 161 cm³/mol. The molecular formula is C30H55ClF6N2O. The molecule has 0 bridgehead atoms. The maximum atomic E-state index is 11.8. The molecule has 0 radical (unpaired) electrons. The van der Waals surface area contributed by atoms with Crippen LogP contribution in [0, 0.1) is 11.8 Å². The van der Waals surface area contributed by atoms with Crippen LogP contribution in [0.25, 0.3) is 0 Å². The van der Waals surface area contributed by atoms with Gasteiger partial charge in [-0.3, -0.25) is 4.79 Å². The van der Waals surface area contributed by atoms with Crippen LogP contribution in [-0.2, 0) is 4.79 Å². The van der Waals surface area contributed by atoms with Gasteiger partial charge in [0.2, 0.25) is 5.91 Å². The molecule has 0 saturated carbocycles. The minimum absolute atomic E-state index is 0.188. The van der Waals surface area contributed by atoms with Crippen molar-refractivity contribution in [3.05, 3.63) is 47.6 Å². The van der Waals surface area contributed by atoms with E-state index in [1.165, 1.54) is 12.5 Å². The van der Waals surface area contributed by atoms with Crippen LogP contribution in [0.4, 0.5) is 26.3 Å². The van der Waals surface area contributed by atoms with Crippen LogP contribution in [0.2, 0.25) is 0 Å². The second kappa shape index (κ2) is 30.2. The number of hydrogen-bond donors (Lipinski definition) is 2. The highest BCUT2D eigenvalue weighted by molar-refractivity contribution is 6.30. The first-order chi connectivity index (χ1) is 18.3. The molecule has 0 spiro atoms. The van der Waals surface area contributed by atoms with E-state index >= 15 is 0 Å². The molecule has 1 rings (SSSR count). The number of alkyl halides is 6. The lowest BCUT2D eigenvalue weighted by atomic mass is 9.99. The highest BCUT2D eigenvalue weighted by Crippen LogP contribution is 2.27. The summed E-state index contributed by atoms with van der Waals surface area (Å²) in [6.45, 7) is 21.1. The molecule has 0 aromatic rings. The summed E-state index contributed by atoms with van der Waals surface area (Å²) in [5.41, 5.74) is 5.85. The van der Waals surface area contributed by atoms with Gasteiger partial charge in [-0.1, -0.05) is 89.4 Å². The molecule has 1 amide bonds. The average molecular weight is 609 g/mol. The summed E-state index contributed by atoms with van der Waals surface area (Å²) in [7, 11) is 0. The summed E-state index contributed by atoms with van der Waals surface area (Å²) < 4.78 is 66.4. The van der Waals surface area contributed by atoms with Gasteiger partial charge in [0, 0.05) is 36.9 Å². The van der Waals surface area contributed by atoms with Gasteiger partial charge in [-0.15, -0.1) is 6.58 Å². The van der Waals surface area contributed by atoms with Gasteiger partial charge < -0.3 is 11.1 Å². The Morgan fingerprint density at radius 3 is 1.88 bits per heavy atom. The summed E-state index contributed by atoms with van der Waals surface area (Å²) >= 11 is 6.13. The number of allylic oxidation sites excluding steroid dienone is 6. The summed E-state index contributed by atoms with van der Waals surface area (Å²) in [5.74, 6) is -1.19. The topological polar surface area (TPSA) is 55.1 Å². The summed E-state index contributed by atoms with van der Waals surface area (Å²) in [4.78, 5) is 10.7. The zero-order chi connectivity index (χ0) is 32.9. The second-order valence-corrected chi connectivity index (χ2v) is 9.34. The van der Waals surface area contributed by atoms with Gasteiger partial charge in [0.05, 0.1) is 5.92 Å². The van der Waals surface area contributed by atoms with Crippen molar-refractivity contribution in [1.82, 2.24) is 5.32 Å². The number of amides is 1. The number of carbonyl (C=O) groups is 1. The van der Waals surface area contributed by atoms with Gasteiger partial charge in [-0.05, 0) is 46.1 Å². The molecule has 1 aliphatic rings. The highest BCUT2D eigenvalue weighted by atomic mass is 35.5. The standard InChI is InChI=1S/C13H21ClN2O.C7H11F3.C3H8.C3H6.C2H3F3.C2H6/c1-2-11(7-8-13(15)17)16-9-10-5-3-4-6-12(10)14;1-5(2)4-6(3)7(8,9)10;2*1-3-2;1-2(3,4)5;1-2/h3-4,6,10-11,16H,2,5,7-9H2,1H3,(H2,15,17);4,6H,1-3H3;3H2,1-2H3;3H,1H2,2H3;1H3;1-2H3/t10?,11-;;;;;/m0...../s1. The maximum absolute atomic E-state index is 11.8. The third-order valence-electron chi connectivity index (χ3n) is 4.19. The van der Waals surface area contributed by atoms with E-state index in [1.807, 2.05) is 32.9 Å². The van der Waals surface area contributed by atoms with E-state index < -0.39 is 18.3 Å². The van der Waals surface area contributed by atoms with Crippen molar-refractivity contribution >= 4 is 17.5 Å². The Labute approximate surface area is 245 Å². The predicted octanol–water partition coefficient (Wildman–Crippen LogP) is 10.7. The first-order valence-corrected chi connectivity index (χ1v) is 14.1. The van der Waals surface area contributed by atoms with Crippen LogP contribution in [0.1, 0.15) is 101 Å². The van der Waals surface area contributed by atoms with Crippen molar-refractivity contribution in [1.29, 1.82) is 0 Å². The van der Waals surface area contributed by atoms with E-state index in [9.17, 15) is 31.1 Å². The van der Waals surface area contributed by atoms with Crippen molar-refractivity contribution < 1.29 is 31.1 Å². The fraction of sp³-hybridized carbons (Fsp3) is 0.700. The molecule has 40 heavy (non-hydrogen) atoms. The van der Waals surface area contributed by atoms with Gasteiger partial charge in [0.25, 0.3) is 0 Å². The smallest absolute Gasteiger partial charge is 0.370 e. The molecule has 3 atom stereocenters. The molecule has 0 saturated heterocycles. The second-order valence-electron chi connectivity index (χ2n) is 8.90. The fourth-order valence-corrected chi connectivity index (χ4v) is 2.74. The molecular weight excluding hydrogens is 554 g/mol. The lowest BCUT2D eigenvalue weighted by molar-refractivity contribution is -0.156. The van der Waals surface area contributed by atoms with Crippen LogP contribution >= 0.6 is 11.6 Å². The Morgan fingerprint density at radius 2 is 1.60 bits per heavy atom. The van der Waals surface area contributed by atoms with Crippen molar-refractivity contribution in [3.8, 4) is 0 Å². The lowest BCUT2D eigenvalue weighted by Gasteiger charge is -2.22. The van der Waals surface area contributed by atoms with E-state index in [-0.39, 0.29) is 12.8 Å². The van der Waals surface area contributed by atoms with Crippen molar-refractivity contribution in [2.45, 2.75) is 120 Å². The number of carbonyl (C=O) groups excluding carboxylic acids is 1. The Kier molecular flexibility index (Phi) is 36.3. The normalized spacial score (nSPS) is 15.0.